The standard InChI is InChI=1S/C15H16N4OS/c1-10-6-4-5-7-13(10)14-16-17-15(19(14)3)21-9-12-8-11(2)18-20-12/h4-8H,9H2,1-3H3. The van der Waals surface area contributed by atoms with E-state index in [4.69, 9.17) is 4.52 Å². The van der Waals surface area contributed by atoms with Crippen LogP contribution in [0.1, 0.15) is 17.0 Å². The first-order valence-electron chi connectivity index (χ1n) is 6.65. The first-order chi connectivity index (χ1) is 10.1. The van der Waals surface area contributed by atoms with Gasteiger partial charge in [0, 0.05) is 18.7 Å². The molecule has 2 heterocycles. The minimum atomic E-state index is 0.695. The maximum absolute atomic E-state index is 5.21. The van der Waals surface area contributed by atoms with Gasteiger partial charge in [-0.1, -0.05) is 41.2 Å². The highest BCUT2D eigenvalue weighted by Gasteiger charge is 2.13. The lowest BCUT2D eigenvalue weighted by molar-refractivity contribution is 0.391. The Kier molecular flexibility index (Phi) is 3.79. The number of hydrogen-bond donors (Lipinski definition) is 0. The van der Waals surface area contributed by atoms with Crippen LogP contribution < -0.4 is 0 Å². The predicted molar refractivity (Wildman–Crippen MR) is 82.0 cm³/mol. The fourth-order valence-electron chi connectivity index (χ4n) is 2.12. The normalized spacial score (nSPS) is 11.0. The van der Waals surface area contributed by atoms with Crippen molar-refractivity contribution in [1.82, 2.24) is 19.9 Å². The average molecular weight is 300 g/mol. The molecular weight excluding hydrogens is 284 g/mol. The molecule has 0 bridgehead atoms. The summed E-state index contributed by atoms with van der Waals surface area (Å²) in [6, 6.07) is 10.1. The summed E-state index contributed by atoms with van der Waals surface area (Å²) in [6.07, 6.45) is 0. The fourth-order valence-corrected chi connectivity index (χ4v) is 2.90. The Bertz CT molecular complexity index is 763. The number of aryl methyl sites for hydroxylation is 2. The monoisotopic (exact) mass is 300 g/mol. The smallest absolute Gasteiger partial charge is 0.191 e. The summed E-state index contributed by atoms with van der Waals surface area (Å²) in [6.45, 7) is 3.99. The van der Waals surface area contributed by atoms with E-state index in [0.717, 1.165) is 28.0 Å². The van der Waals surface area contributed by atoms with E-state index in [2.05, 4.69) is 34.4 Å². The molecule has 2 aromatic heterocycles. The van der Waals surface area contributed by atoms with Crippen LogP contribution >= 0.6 is 11.8 Å². The van der Waals surface area contributed by atoms with Gasteiger partial charge in [0.25, 0.3) is 0 Å². The summed E-state index contributed by atoms with van der Waals surface area (Å²) in [4.78, 5) is 0. The molecule has 0 saturated carbocycles. The number of hydrogen-bond acceptors (Lipinski definition) is 5. The van der Waals surface area contributed by atoms with Crippen molar-refractivity contribution in [1.29, 1.82) is 0 Å². The molecule has 0 unspecified atom stereocenters. The first kappa shape index (κ1) is 13.9. The lowest BCUT2D eigenvalue weighted by Crippen LogP contribution is -1.96. The van der Waals surface area contributed by atoms with Gasteiger partial charge in [0.1, 0.15) is 5.76 Å². The molecule has 0 amide bonds. The van der Waals surface area contributed by atoms with Gasteiger partial charge >= 0.3 is 0 Å². The molecule has 0 aliphatic rings. The number of thioether (sulfide) groups is 1. The van der Waals surface area contributed by atoms with Gasteiger partial charge in [0.05, 0.1) is 11.4 Å². The van der Waals surface area contributed by atoms with Gasteiger partial charge in [-0.15, -0.1) is 10.2 Å². The third-order valence-corrected chi connectivity index (χ3v) is 4.28. The molecule has 0 fully saturated rings. The molecule has 1 aromatic carbocycles. The topological polar surface area (TPSA) is 56.7 Å². The summed E-state index contributed by atoms with van der Waals surface area (Å²) in [7, 11) is 1.98. The van der Waals surface area contributed by atoms with E-state index in [1.807, 2.05) is 36.7 Å². The molecule has 0 aliphatic heterocycles. The van der Waals surface area contributed by atoms with Gasteiger partial charge in [-0.25, -0.2) is 0 Å². The zero-order chi connectivity index (χ0) is 14.8. The van der Waals surface area contributed by atoms with Crippen molar-refractivity contribution in [2.24, 2.45) is 7.05 Å². The van der Waals surface area contributed by atoms with E-state index in [1.165, 1.54) is 5.56 Å². The van der Waals surface area contributed by atoms with Gasteiger partial charge in [-0.2, -0.15) is 0 Å². The summed E-state index contributed by atoms with van der Waals surface area (Å²) < 4.78 is 7.22. The number of nitrogens with zero attached hydrogens (tertiary/aromatic N) is 4. The van der Waals surface area contributed by atoms with Crippen molar-refractivity contribution in [3.05, 3.63) is 47.3 Å². The van der Waals surface area contributed by atoms with E-state index in [1.54, 1.807) is 11.8 Å². The van der Waals surface area contributed by atoms with E-state index in [9.17, 15) is 0 Å². The maximum atomic E-state index is 5.21. The SMILES string of the molecule is Cc1cc(CSc2nnc(-c3ccccc3C)n2C)on1. The predicted octanol–water partition coefficient (Wildman–Crippen LogP) is 3.38. The van der Waals surface area contributed by atoms with Crippen LogP contribution in [0.2, 0.25) is 0 Å². The number of benzene rings is 1. The summed E-state index contributed by atoms with van der Waals surface area (Å²) in [5.41, 5.74) is 3.19. The van der Waals surface area contributed by atoms with E-state index < -0.39 is 0 Å². The van der Waals surface area contributed by atoms with Crippen LogP contribution in [0.15, 0.2) is 40.0 Å². The van der Waals surface area contributed by atoms with Crippen molar-refractivity contribution in [3.63, 3.8) is 0 Å². The van der Waals surface area contributed by atoms with Crippen molar-refractivity contribution < 1.29 is 4.52 Å². The van der Waals surface area contributed by atoms with E-state index in [-0.39, 0.29) is 0 Å². The van der Waals surface area contributed by atoms with E-state index in [0.29, 0.717) is 5.75 Å². The minimum Gasteiger partial charge on any atom is -0.360 e. The van der Waals surface area contributed by atoms with Gasteiger partial charge in [0.2, 0.25) is 0 Å². The molecule has 3 rings (SSSR count). The molecular formula is C15H16N4OS. The highest BCUT2D eigenvalue weighted by Crippen LogP contribution is 2.26. The molecule has 0 aliphatic carbocycles. The summed E-state index contributed by atoms with van der Waals surface area (Å²) >= 11 is 1.59. The van der Waals surface area contributed by atoms with Crippen LogP contribution in [-0.2, 0) is 12.8 Å². The second kappa shape index (κ2) is 5.73. The van der Waals surface area contributed by atoms with Crippen LogP contribution in [-0.4, -0.2) is 19.9 Å². The Labute approximate surface area is 127 Å². The third-order valence-electron chi connectivity index (χ3n) is 3.24. The van der Waals surface area contributed by atoms with Gasteiger partial charge in [0.15, 0.2) is 11.0 Å². The molecule has 5 nitrogen and oxygen atoms in total. The molecule has 108 valence electrons. The number of aromatic nitrogens is 4. The number of rotatable bonds is 4. The van der Waals surface area contributed by atoms with Crippen LogP contribution in [0.5, 0.6) is 0 Å². The highest BCUT2D eigenvalue weighted by molar-refractivity contribution is 7.98. The quantitative estimate of drug-likeness (QED) is 0.691. The molecule has 3 aromatic rings. The summed E-state index contributed by atoms with van der Waals surface area (Å²) in [5.74, 6) is 2.42. The van der Waals surface area contributed by atoms with Gasteiger partial charge in [-0.05, 0) is 19.4 Å². The zero-order valence-corrected chi connectivity index (χ0v) is 13.0. The van der Waals surface area contributed by atoms with Gasteiger partial charge < -0.3 is 9.09 Å². The first-order valence-corrected chi connectivity index (χ1v) is 7.64. The second-order valence-corrected chi connectivity index (χ2v) is 5.85. The van der Waals surface area contributed by atoms with Crippen LogP contribution in [0, 0.1) is 13.8 Å². The Hall–Kier alpha value is -2.08. The van der Waals surface area contributed by atoms with Crippen molar-refractivity contribution in [2.45, 2.75) is 24.8 Å². The van der Waals surface area contributed by atoms with Crippen molar-refractivity contribution in [3.8, 4) is 11.4 Å². The van der Waals surface area contributed by atoms with Gasteiger partial charge in [-0.3, -0.25) is 0 Å². The molecule has 0 N–H and O–H groups in total. The third kappa shape index (κ3) is 2.85. The largest absolute Gasteiger partial charge is 0.360 e. The molecule has 21 heavy (non-hydrogen) atoms. The van der Waals surface area contributed by atoms with Crippen LogP contribution in [0.4, 0.5) is 0 Å². The Balaban J connectivity index is 1.81. The minimum absolute atomic E-state index is 0.695. The molecule has 0 atom stereocenters. The Morgan fingerprint density at radius 2 is 2.00 bits per heavy atom. The van der Waals surface area contributed by atoms with Crippen molar-refractivity contribution in [2.75, 3.05) is 0 Å². The zero-order valence-electron chi connectivity index (χ0n) is 12.2. The molecule has 0 saturated heterocycles. The second-order valence-electron chi connectivity index (χ2n) is 4.90. The lowest BCUT2D eigenvalue weighted by Gasteiger charge is -2.05. The Morgan fingerprint density at radius 1 is 1.19 bits per heavy atom. The van der Waals surface area contributed by atoms with Crippen molar-refractivity contribution >= 4 is 11.8 Å². The highest BCUT2D eigenvalue weighted by atomic mass is 32.2. The molecule has 0 spiro atoms. The fraction of sp³-hybridized carbons (Fsp3) is 0.267. The van der Waals surface area contributed by atoms with Crippen LogP contribution in [0.25, 0.3) is 11.4 Å². The molecule has 6 heteroatoms. The summed E-state index contributed by atoms with van der Waals surface area (Å²) in [5, 5.41) is 13.3. The lowest BCUT2D eigenvalue weighted by atomic mass is 10.1. The molecule has 0 radical (unpaired) electrons. The average Bonchev–Trinajstić information content (AvgIpc) is 3.04. The maximum Gasteiger partial charge on any atom is 0.191 e. The Morgan fingerprint density at radius 3 is 2.71 bits per heavy atom. The van der Waals surface area contributed by atoms with Crippen LogP contribution in [0.3, 0.4) is 0 Å². The van der Waals surface area contributed by atoms with E-state index >= 15 is 0 Å².